The highest BCUT2D eigenvalue weighted by molar-refractivity contribution is 7.47. The molecule has 0 aliphatic carbocycles. The molecule has 0 heterocycles. The molecule has 0 spiro atoms. The zero-order valence-electron chi connectivity index (χ0n) is 62.1. The van der Waals surface area contributed by atoms with E-state index in [2.05, 4.69) is 142 Å². The fraction of sp³-hybridized carbons (Fsp3) is 0.716. The first kappa shape index (κ1) is 94.9. The second-order valence-corrected chi connectivity index (χ2v) is 28.7. The smallest absolute Gasteiger partial charge is 0.463 e. The van der Waals surface area contributed by atoms with E-state index in [1.54, 1.807) is 0 Å². The van der Waals surface area contributed by atoms with Gasteiger partial charge in [-0.25, -0.2) is 9.13 Å². The van der Waals surface area contributed by atoms with E-state index in [0.717, 1.165) is 141 Å². The SMILES string of the molecule is CCCCC/C=C\C/C=C\C/C=C\C/C=C\CCCCCCCCCCCCCC(=O)OCC(O)COP(=O)(O)OCC(O)COP(=O)(O)OCC(COC(=O)CCCCCCC/C=C\C/C=C\C/C=C\C/C=C\CCCCC)OC(=O)CCCCCCC/C=C\C/C=C\CCCCC. The lowest BCUT2D eigenvalue weighted by Gasteiger charge is -2.21. The van der Waals surface area contributed by atoms with Crippen molar-refractivity contribution in [1.82, 2.24) is 0 Å². The summed E-state index contributed by atoms with van der Waals surface area (Å²) >= 11 is 0. The topological polar surface area (TPSA) is 231 Å². The van der Waals surface area contributed by atoms with E-state index in [4.69, 9.17) is 32.3 Å². The summed E-state index contributed by atoms with van der Waals surface area (Å²) in [4.78, 5) is 58.6. The Balaban J connectivity index is 4.59. The molecule has 0 aliphatic rings. The highest BCUT2D eigenvalue weighted by Crippen LogP contribution is 2.45. The van der Waals surface area contributed by atoms with Gasteiger partial charge in [-0.3, -0.25) is 32.5 Å². The Hall–Kier alpha value is -4.05. The third-order valence-electron chi connectivity index (χ3n) is 16.1. The van der Waals surface area contributed by atoms with Crippen molar-refractivity contribution in [3.8, 4) is 0 Å². The molecule has 16 nitrogen and oxygen atoms in total. The number of rotatable bonds is 73. The van der Waals surface area contributed by atoms with E-state index >= 15 is 0 Å². The molecule has 0 aromatic rings. The van der Waals surface area contributed by atoms with Crippen LogP contribution < -0.4 is 0 Å². The average Bonchev–Trinajstić information content (AvgIpc) is 1.44. The summed E-state index contributed by atoms with van der Waals surface area (Å²) in [6.45, 7) is 2.56. The first-order valence-electron chi connectivity index (χ1n) is 38.8. The molecule has 0 fully saturated rings. The summed E-state index contributed by atoms with van der Waals surface area (Å²) in [7, 11) is -9.80. The molecule has 0 rings (SSSR count). The molecule has 99 heavy (non-hydrogen) atoms. The molecule has 0 aromatic heterocycles. The van der Waals surface area contributed by atoms with Crippen molar-refractivity contribution in [3.05, 3.63) is 122 Å². The Bertz CT molecular complexity index is 2290. The fourth-order valence-corrected chi connectivity index (χ4v) is 11.7. The summed E-state index contributed by atoms with van der Waals surface area (Å²) in [6.07, 6.45) is 86.7. The van der Waals surface area contributed by atoms with Gasteiger partial charge in [-0.1, -0.05) is 277 Å². The third kappa shape index (κ3) is 74.9. The molecule has 0 radical (unpaired) electrons. The maximum atomic E-state index is 13.0. The number of phosphoric ester groups is 2. The van der Waals surface area contributed by atoms with Gasteiger partial charge in [-0.15, -0.1) is 0 Å². The summed E-state index contributed by atoms with van der Waals surface area (Å²) < 4.78 is 61.1. The number of aliphatic hydroxyl groups excluding tert-OH is 2. The molecular weight excluding hydrogens is 1290 g/mol. The van der Waals surface area contributed by atoms with Crippen LogP contribution in [0.15, 0.2) is 122 Å². The van der Waals surface area contributed by atoms with Crippen molar-refractivity contribution < 1.29 is 75.8 Å². The van der Waals surface area contributed by atoms with Crippen LogP contribution in [-0.4, -0.2) is 95.9 Å². The van der Waals surface area contributed by atoms with E-state index < -0.39 is 91.5 Å². The quantitative estimate of drug-likeness (QED) is 0.0146. The molecule has 0 amide bonds. The van der Waals surface area contributed by atoms with Gasteiger partial charge >= 0.3 is 33.6 Å². The lowest BCUT2D eigenvalue weighted by Crippen LogP contribution is -2.30. The average molecular weight is 1430 g/mol. The molecular formula is C81H140O16P2. The van der Waals surface area contributed by atoms with Gasteiger partial charge in [0.1, 0.15) is 25.4 Å². The lowest BCUT2D eigenvalue weighted by molar-refractivity contribution is -0.161. The van der Waals surface area contributed by atoms with Gasteiger partial charge < -0.3 is 34.2 Å². The van der Waals surface area contributed by atoms with Gasteiger partial charge in [0.25, 0.3) is 0 Å². The van der Waals surface area contributed by atoms with Crippen LogP contribution in [0.4, 0.5) is 0 Å². The normalized spacial score (nSPS) is 14.7. The van der Waals surface area contributed by atoms with E-state index in [1.807, 2.05) is 0 Å². The minimum atomic E-state index is -4.94. The highest BCUT2D eigenvalue weighted by Gasteiger charge is 2.29. The summed E-state index contributed by atoms with van der Waals surface area (Å²) in [5, 5.41) is 20.6. The second-order valence-electron chi connectivity index (χ2n) is 25.8. The summed E-state index contributed by atoms with van der Waals surface area (Å²) in [5.74, 6) is -1.61. The molecule has 0 aliphatic heterocycles. The molecule has 570 valence electrons. The predicted octanol–water partition coefficient (Wildman–Crippen LogP) is 22.5. The number of phosphoric acid groups is 2. The van der Waals surface area contributed by atoms with Crippen LogP contribution in [-0.2, 0) is 55.8 Å². The molecule has 5 unspecified atom stereocenters. The van der Waals surface area contributed by atoms with Crippen LogP contribution >= 0.6 is 15.6 Å². The molecule has 0 saturated heterocycles. The molecule has 0 aromatic carbocycles. The Morgan fingerprint density at radius 3 is 0.798 bits per heavy atom. The van der Waals surface area contributed by atoms with Crippen LogP contribution in [0, 0.1) is 0 Å². The van der Waals surface area contributed by atoms with E-state index in [1.165, 1.54) is 116 Å². The van der Waals surface area contributed by atoms with E-state index in [0.29, 0.717) is 19.3 Å². The number of hydrogen-bond acceptors (Lipinski definition) is 14. The van der Waals surface area contributed by atoms with Crippen LogP contribution in [0.3, 0.4) is 0 Å². The zero-order chi connectivity index (χ0) is 72.3. The van der Waals surface area contributed by atoms with Crippen molar-refractivity contribution >= 4 is 33.6 Å². The largest absolute Gasteiger partial charge is 0.472 e. The Labute approximate surface area is 602 Å². The minimum absolute atomic E-state index is 0.0819. The fourth-order valence-electron chi connectivity index (χ4n) is 10.2. The number of aliphatic hydroxyl groups is 2. The lowest BCUT2D eigenvalue weighted by atomic mass is 10.0. The number of allylic oxidation sites excluding steroid dienone is 20. The Morgan fingerprint density at radius 1 is 0.283 bits per heavy atom. The molecule has 4 N–H and O–H groups in total. The maximum Gasteiger partial charge on any atom is 0.472 e. The van der Waals surface area contributed by atoms with Gasteiger partial charge in [-0.05, 0) is 141 Å². The highest BCUT2D eigenvalue weighted by atomic mass is 31.2. The Kier molecular flexibility index (Phi) is 70.7. The zero-order valence-corrected chi connectivity index (χ0v) is 63.9. The third-order valence-corrected chi connectivity index (χ3v) is 18.0. The van der Waals surface area contributed by atoms with Crippen LogP contribution in [0.5, 0.6) is 0 Å². The number of unbranched alkanes of at least 4 members (excludes halogenated alkanes) is 30. The predicted molar refractivity (Wildman–Crippen MR) is 408 cm³/mol. The van der Waals surface area contributed by atoms with Gasteiger partial charge in [0.2, 0.25) is 0 Å². The van der Waals surface area contributed by atoms with Crippen molar-refractivity contribution in [2.45, 2.75) is 334 Å². The van der Waals surface area contributed by atoms with Crippen LogP contribution in [0.2, 0.25) is 0 Å². The molecule has 0 saturated carbocycles. The monoisotopic (exact) mass is 1430 g/mol. The first-order valence-corrected chi connectivity index (χ1v) is 41.8. The number of hydrogen-bond donors (Lipinski definition) is 4. The van der Waals surface area contributed by atoms with Crippen molar-refractivity contribution in [2.75, 3.05) is 39.6 Å². The van der Waals surface area contributed by atoms with Crippen LogP contribution in [0.1, 0.15) is 316 Å². The standard InChI is InChI=1S/C81H140O16P2/c1-4-7-10-13-16-19-22-25-28-30-32-34-35-36-37-38-39-41-43-44-47-49-52-55-58-61-64-67-79(84)91-70-76(82)71-93-98(87,88)94-72-77(83)73-95-99(89,90)96-75-78(97-81(86)69-66-63-60-57-54-51-46-27-24-21-18-15-12-9-6-3)74-92-80(85)68-65-62-59-56-53-50-48-45-42-40-33-31-29-26-23-20-17-14-11-8-5-2/h16-21,25-29,32-34,36-37,40,45-46,48,76-78,82-83H,4-15,22-24,30-31,35,38-39,41-44,47,49-75H2,1-3H3,(H,87,88)(H,89,90)/b19-16-,20-17-,21-18-,28-25-,29-26-,34-32-,37-36-,40-33-,46-27-,48-45-. The summed E-state index contributed by atoms with van der Waals surface area (Å²) in [5.41, 5.74) is 0. The number of carbonyl (C=O) groups excluding carboxylic acids is 3. The van der Waals surface area contributed by atoms with Crippen molar-refractivity contribution in [1.29, 1.82) is 0 Å². The van der Waals surface area contributed by atoms with Gasteiger partial charge in [-0.2, -0.15) is 0 Å². The van der Waals surface area contributed by atoms with E-state index in [9.17, 15) is 43.5 Å². The number of ether oxygens (including phenoxy) is 3. The molecule has 5 atom stereocenters. The van der Waals surface area contributed by atoms with Gasteiger partial charge in [0.15, 0.2) is 6.10 Å². The molecule has 18 heteroatoms. The second kappa shape index (κ2) is 73.7. The van der Waals surface area contributed by atoms with Crippen molar-refractivity contribution in [2.24, 2.45) is 0 Å². The molecule has 0 bridgehead atoms. The van der Waals surface area contributed by atoms with Gasteiger partial charge in [0.05, 0.1) is 26.4 Å². The minimum Gasteiger partial charge on any atom is -0.463 e. The van der Waals surface area contributed by atoms with E-state index in [-0.39, 0.29) is 19.3 Å². The van der Waals surface area contributed by atoms with Crippen molar-refractivity contribution in [3.63, 3.8) is 0 Å². The van der Waals surface area contributed by atoms with Crippen LogP contribution in [0.25, 0.3) is 0 Å². The number of esters is 3. The maximum absolute atomic E-state index is 13.0. The van der Waals surface area contributed by atoms with Gasteiger partial charge in [0, 0.05) is 19.3 Å². The summed E-state index contributed by atoms with van der Waals surface area (Å²) in [6, 6.07) is 0. The first-order chi connectivity index (χ1) is 48.2. The number of carbonyl (C=O) groups is 3. The Morgan fingerprint density at radius 2 is 0.505 bits per heavy atom.